The summed E-state index contributed by atoms with van der Waals surface area (Å²) in [7, 11) is 0. The lowest BCUT2D eigenvalue weighted by molar-refractivity contribution is 0.250. The minimum atomic E-state index is -0.539. The minimum absolute atomic E-state index is 0.112. The molecule has 3 rings (SSSR count). The highest BCUT2D eigenvalue weighted by Gasteiger charge is 2.16. The number of benzene rings is 3. The summed E-state index contributed by atoms with van der Waals surface area (Å²) in [5.74, 6) is -0.886. The lowest BCUT2D eigenvalue weighted by atomic mass is 10.2. The molecule has 0 unspecified atom stereocenters. The second-order valence-electron chi connectivity index (χ2n) is 6.32. The summed E-state index contributed by atoms with van der Waals surface area (Å²) in [6, 6.07) is 18.9. The van der Waals surface area contributed by atoms with Gasteiger partial charge in [0.2, 0.25) is 0 Å². The summed E-state index contributed by atoms with van der Waals surface area (Å²) >= 11 is 0. The van der Waals surface area contributed by atoms with E-state index in [4.69, 9.17) is 0 Å². The van der Waals surface area contributed by atoms with Gasteiger partial charge in [-0.3, -0.25) is 4.90 Å². The Kier molecular flexibility index (Phi) is 6.94. The Morgan fingerprint density at radius 1 is 0.767 bits per heavy atom. The number of nitrogens with one attached hydrogen (secondary N) is 3. The van der Waals surface area contributed by atoms with E-state index in [1.165, 1.54) is 47.4 Å². The molecule has 30 heavy (non-hydrogen) atoms. The maximum absolute atomic E-state index is 13.3. The number of carbonyl (C=O) groups is 2. The quantitative estimate of drug-likeness (QED) is 0.545. The number of urea groups is 2. The van der Waals surface area contributed by atoms with Gasteiger partial charge in [-0.25, -0.2) is 18.4 Å². The molecule has 3 aromatic carbocycles. The fourth-order valence-electron chi connectivity index (χ4n) is 2.70. The van der Waals surface area contributed by atoms with Crippen LogP contribution in [0.5, 0.6) is 0 Å². The van der Waals surface area contributed by atoms with E-state index in [-0.39, 0.29) is 13.1 Å². The van der Waals surface area contributed by atoms with E-state index in [0.717, 1.165) is 0 Å². The maximum atomic E-state index is 13.3. The number of anilines is 3. The molecule has 0 aliphatic carbocycles. The van der Waals surface area contributed by atoms with E-state index in [9.17, 15) is 18.4 Å². The molecular weight excluding hydrogens is 390 g/mol. The highest BCUT2D eigenvalue weighted by atomic mass is 19.1. The molecule has 0 aliphatic rings. The van der Waals surface area contributed by atoms with Gasteiger partial charge >= 0.3 is 12.1 Å². The molecule has 6 nitrogen and oxygen atoms in total. The Bertz CT molecular complexity index is 998. The molecule has 0 saturated heterocycles. The van der Waals surface area contributed by atoms with Crippen LogP contribution >= 0.6 is 0 Å². The Labute approximate surface area is 172 Å². The largest absolute Gasteiger partial charge is 0.336 e. The number of amides is 4. The number of carbonyl (C=O) groups excluding carboxylic acids is 2. The van der Waals surface area contributed by atoms with E-state index >= 15 is 0 Å². The molecular formula is C22H20F2N4O2. The molecule has 8 heteroatoms. The van der Waals surface area contributed by atoms with Crippen molar-refractivity contribution in [3.63, 3.8) is 0 Å². The lowest BCUT2D eigenvalue weighted by Gasteiger charge is -2.23. The van der Waals surface area contributed by atoms with Crippen molar-refractivity contribution in [3.8, 4) is 0 Å². The first-order valence-electron chi connectivity index (χ1n) is 9.21. The Morgan fingerprint density at radius 3 is 2.17 bits per heavy atom. The number of nitrogens with zero attached hydrogens (tertiary/aromatic N) is 1. The van der Waals surface area contributed by atoms with Crippen molar-refractivity contribution < 1.29 is 18.4 Å². The molecule has 0 heterocycles. The third-order valence-corrected chi connectivity index (χ3v) is 4.11. The molecule has 0 aromatic heterocycles. The van der Waals surface area contributed by atoms with Crippen LogP contribution in [0.15, 0.2) is 78.9 Å². The van der Waals surface area contributed by atoms with Gasteiger partial charge in [-0.15, -0.1) is 0 Å². The second-order valence-corrected chi connectivity index (χ2v) is 6.32. The van der Waals surface area contributed by atoms with Gasteiger partial charge in [0.15, 0.2) is 0 Å². The van der Waals surface area contributed by atoms with E-state index in [0.29, 0.717) is 17.1 Å². The standard InChI is InChI=1S/C22H20F2N4O2/c23-16-9-11-20(12-10-16)28(22(30)27-18-6-2-1-3-7-18)14-13-25-21(29)26-19-8-4-5-17(24)15-19/h1-12,15H,13-14H2,(H,27,30)(H2,25,26,29). The number of hydrogen-bond donors (Lipinski definition) is 3. The van der Waals surface area contributed by atoms with Crippen molar-refractivity contribution in [2.24, 2.45) is 0 Å². The van der Waals surface area contributed by atoms with Gasteiger partial charge in [0.1, 0.15) is 11.6 Å². The van der Waals surface area contributed by atoms with Crippen molar-refractivity contribution in [2.45, 2.75) is 0 Å². The topological polar surface area (TPSA) is 73.5 Å². The first-order valence-corrected chi connectivity index (χ1v) is 9.21. The summed E-state index contributed by atoms with van der Waals surface area (Å²) in [6.07, 6.45) is 0. The normalized spacial score (nSPS) is 10.2. The van der Waals surface area contributed by atoms with E-state index in [1.54, 1.807) is 30.3 Å². The number of para-hydroxylation sites is 1. The molecule has 0 atom stereocenters. The van der Waals surface area contributed by atoms with Crippen LogP contribution in [0.3, 0.4) is 0 Å². The zero-order valence-corrected chi connectivity index (χ0v) is 15.9. The molecule has 0 aliphatic heterocycles. The van der Waals surface area contributed by atoms with Crippen LogP contribution in [-0.2, 0) is 0 Å². The highest BCUT2D eigenvalue weighted by molar-refractivity contribution is 6.01. The molecule has 4 amide bonds. The second kappa shape index (κ2) is 10.0. The van der Waals surface area contributed by atoms with Gasteiger partial charge < -0.3 is 16.0 Å². The average molecular weight is 410 g/mol. The van der Waals surface area contributed by atoms with E-state index < -0.39 is 23.7 Å². The monoisotopic (exact) mass is 410 g/mol. The third kappa shape index (κ3) is 6.03. The highest BCUT2D eigenvalue weighted by Crippen LogP contribution is 2.17. The maximum Gasteiger partial charge on any atom is 0.326 e. The molecule has 3 aromatic rings. The SMILES string of the molecule is O=C(NCCN(C(=O)Nc1ccccc1)c1ccc(F)cc1)Nc1cccc(F)c1. The summed E-state index contributed by atoms with van der Waals surface area (Å²) < 4.78 is 26.5. The van der Waals surface area contributed by atoms with Gasteiger partial charge in [-0.2, -0.15) is 0 Å². The fraction of sp³-hybridized carbons (Fsp3) is 0.0909. The first kappa shape index (κ1) is 20.8. The average Bonchev–Trinajstić information content (AvgIpc) is 2.73. The summed E-state index contributed by atoms with van der Waals surface area (Å²) in [5.41, 5.74) is 1.38. The minimum Gasteiger partial charge on any atom is -0.336 e. The van der Waals surface area contributed by atoms with Crippen LogP contribution in [-0.4, -0.2) is 25.2 Å². The number of halogens is 2. The van der Waals surface area contributed by atoms with E-state index in [2.05, 4.69) is 16.0 Å². The predicted octanol–water partition coefficient (Wildman–Crippen LogP) is 4.83. The molecule has 0 saturated carbocycles. The molecule has 0 spiro atoms. The van der Waals surface area contributed by atoms with Crippen LogP contribution in [0.4, 0.5) is 35.4 Å². The van der Waals surface area contributed by atoms with Crippen LogP contribution in [0.2, 0.25) is 0 Å². The van der Waals surface area contributed by atoms with E-state index in [1.807, 2.05) is 6.07 Å². The van der Waals surface area contributed by atoms with Crippen LogP contribution < -0.4 is 20.9 Å². The molecule has 0 bridgehead atoms. The summed E-state index contributed by atoms with van der Waals surface area (Å²) in [5, 5.41) is 7.89. The van der Waals surface area contributed by atoms with Gasteiger partial charge in [-0.1, -0.05) is 24.3 Å². The smallest absolute Gasteiger partial charge is 0.326 e. The summed E-state index contributed by atoms with van der Waals surface area (Å²) in [4.78, 5) is 26.2. The first-order chi connectivity index (χ1) is 14.5. The molecule has 0 radical (unpaired) electrons. The fourth-order valence-corrected chi connectivity index (χ4v) is 2.70. The molecule has 154 valence electrons. The number of rotatable bonds is 6. The lowest BCUT2D eigenvalue weighted by Crippen LogP contribution is -2.42. The van der Waals surface area contributed by atoms with Crippen molar-refractivity contribution in [2.75, 3.05) is 28.6 Å². The Hall–Kier alpha value is -3.94. The van der Waals surface area contributed by atoms with Gasteiger partial charge in [0.25, 0.3) is 0 Å². The number of hydrogen-bond acceptors (Lipinski definition) is 2. The van der Waals surface area contributed by atoms with Gasteiger partial charge in [0.05, 0.1) is 0 Å². The Balaban J connectivity index is 1.62. The van der Waals surface area contributed by atoms with Crippen LogP contribution in [0, 0.1) is 11.6 Å². The van der Waals surface area contributed by atoms with Crippen LogP contribution in [0.25, 0.3) is 0 Å². The zero-order valence-electron chi connectivity index (χ0n) is 15.9. The Morgan fingerprint density at radius 2 is 1.47 bits per heavy atom. The predicted molar refractivity (Wildman–Crippen MR) is 113 cm³/mol. The third-order valence-electron chi connectivity index (χ3n) is 4.11. The van der Waals surface area contributed by atoms with Crippen molar-refractivity contribution in [1.82, 2.24) is 5.32 Å². The zero-order chi connectivity index (χ0) is 21.3. The van der Waals surface area contributed by atoms with Crippen LogP contribution in [0.1, 0.15) is 0 Å². The van der Waals surface area contributed by atoms with Crippen molar-refractivity contribution in [1.29, 1.82) is 0 Å². The van der Waals surface area contributed by atoms with Crippen molar-refractivity contribution in [3.05, 3.63) is 90.5 Å². The van der Waals surface area contributed by atoms with Crippen molar-refractivity contribution >= 4 is 29.1 Å². The summed E-state index contributed by atoms with van der Waals surface area (Å²) in [6.45, 7) is 0.238. The molecule has 3 N–H and O–H groups in total. The van der Waals surface area contributed by atoms with Gasteiger partial charge in [0, 0.05) is 30.2 Å². The molecule has 0 fully saturated rings. The van der Waals surface area contributed by atoms with Gasteiger partial charge in [-0.05, 0) is 54.6 Å².